The second-order valence-electron chi connectivity index (χ2n) is 9.78. The van der Waals surface area contributed by atoms with Gasteiger partial charge in [0.15, 0.2) is 5.67 Å². The minimum atomic E-state index is -5.81. The Labute approximate surface area is 205 Å². The van der Waals surface area contributed by atoms with Crippen LogP contribution in [0.4, 0.5) is 35.5 Å². The highest BCUT2D eigenvalue weighted by molar-refractivity contribution is 5.93. The van der Waals surface area contributed by atoms with E-state index in [2.05, 4.69) is 15.0 Å². The molecule has 0 aromatic carbocycles. The van der Waals surface area contributed by atoms with E-state index in [1.165, 1.54) is 11.1 Å². The largest absolute Gasteiger partial charge is 0.434 e. The van der Waals surface area contributed by atoms with Crippen LogP contribution in [0.1, 0.15) is 48.9 Å². The summed E-state index contributed by atoms with van der Waals surface area (Å²) in [5.74, 6) is -0.778. The van der Waals surface area contributed by atoms with Gasteiger partial charge < -0.3 is 24.4 Å². The molecule has 206 valence electrons. The Morgan fingerprint density at radius 3 is 2.11 bits per heavy atom. The number of carbonyl (C=O) groups is 3. The molecule has 3 heterocycles. The van der Waals surface area contributed by atoms with E-state index in [0.29, 0.717) is 12.4 Å². The Bertz CT molecular complexity index is 1060. The van der Waals surface area contributed by atoms with Crippen molar-refractivity contribution in [3.05, 3.63) is 17.7 Å². The van der Waals surface area contributed by atoms with E-state index >= 15 is 0 Å². The van der Waals surface area contributed by atoms with E-state index in [4.69, 9.17) is 0 Å². The lowest BCUT2D eigenvalue weighted by Gasteiger charge is -2.39. The lowest BCUT2D eigenvalue weighted by Crippen LogP contribution is -2.55. The fraction of sp³-hybridized carbons (Fsp3) is 0.714. The van der Waals surface area contributed by atoms with E-state index in [1.807, 2.05) is 0 Å². The van der Waals surface area contributed by atoms with Gasteiger partial charge in [-0.2, -0.15) is 26.3 Å². The summed E-state index contributed by atoms with van der Waals surface area (Å²) in [7, 11) is 0. The Hall–Kier alpha value is -3.07. The molecule has 2 fully saturated rings. The quantitative estimate of drug-likeness (QED) is 0.590. The molecule has 2 aliphatic heterocycles. The molecule has 3 aliphatic rings. The van der Waals surface area contributed by atoms with Gasteiger partial charge in [-0.05, 0) is 32.6 Å². The van der Waals surface area contributed by atoms with Crippen molar-refractivity contribution >= 4 is 17.9 Å². The van der Waals surface area contributed by atoms with Crippen LogP contribution in [0.25, 0.3) is 0 Å². The number of nitrogens with zero attached hydrogens (tertiary/aromatic N) is 4. The fourth-order valence-corrected chi connectivity index (χ4v) is 4.28. The SMILES string of the molecule is CC1(NC(=O)c2cn3c(n2)CN(C(=O)C2(F)CC2)CC3)CCN(C(=O)OC(C(F)(F)F)C(F)(F)F)CC1. The molecular formula is C21H24F7N5O4. The summed E-state index contributed by atoms with van der Waals surface area (Å²) in [6.07, 6.45) is -15.7. The predicted octanol–water partition coefficient (Wildman–Crippen LogP) is 2.94. The van der Waals surface area contributed by atoms with Gasteiger partial charge in [0, 0.05) is 37.9 Å². The molecule has 1 N–H and O–H groups in total. The first-order valence-electron chi connectivity index (χ1n) is 11.5. The normalized spacial score (nSPS) is 20.9. The molecule has 4 rings (SSSR count). The van der Waals surface area contributed by atoms with Gasteiger partial charge in [-0.3, -0.25) is 9.59 Å². The molecule has 0 atom stereocenters. The molecule has 1 aromatic rings. The van der Waals surface area contributed by atoms with E-state index in [9.17, 15) is 45.1 Å². The van der Waals surface area contributed by atoms with Crippen molar-refractivity contribution in [2.75, 3.05) is 19.6 Å². The molecule has 1 aliphatic carbocycles. The number of piperidine rings is 1. The van der Waals surface area contributed by atoms with Gasteiger partial charge in [-0.15, -0.1) is 0 Å². The topological polar surface area (TPSA) is 96.8 Å². The number of hydrogen-bond donors (Lipinski definition) is 1. The zero-order valence-corrected chi connectivity index (χ0v) is 19.6. The highest BCUT2D eigenvalue weighted by Gasteiger charge is 2.60. The van der Waals surface area contributed by atoms with Crippen LogP contribution < -0.4 is 5.32 Å². The molecule has 0 radical (unpaired) electrons. The Morgan fingerprint density at radius 2 is 1.57 bits per heavy atom. The van der Waals surface area contributed by atoms with E-state index in [0.717, 1.165) is 4.90 Å². The van der Waals surface area contributed by atoms with Gasteiger partial charge >= 0.3 is 18.4 Å². The van der Waals surface area contributed by atoms with Crippen LogP contribution in [0, 0.1) is 0 Å². The van der Waals surface area contributed by atoms with Crippen molar-refractivity contribution in [3.63, 3.8) is 0 Å². The summed E-state index contributed by atoms with van der Waals surface area (Å²) in [4.78, 5) is 43.4. The number of amides is 3. The molecule has 0 unspecified atom stereocenters. The van der Waals surface area contributed by atoms with Gasteiger partial charge in [0.05, 0.1) is 6.54 Å². The third kappa shape index (κ3) is 5.76. The molecule has 9 nitrogen and oxygen atoms in total. The number of rotatable bonds is 4. The number of nitrogens with one attached hydrogen (secondary N) is 1. The first-order chi connectivity index (χ1) is 17.0. The van der Waals surface area contributed by atoms with Crippen LogP contribution in [0.3, 0.4) is 0 Å². The number of hydrogen-bond acceptors (Lipinski definition) is 5. The van der Waals surface area contributed by atoms with Gasteiger partial charge in [-0.1, -0.05) is 0 Å². The molecular weight excluding hydrogens is 519 g/mol. The van der Waals surface area contributed by atoms with Gasteiger partial charge in [-0.25, -0.2) is 14.2 Å². The van der Waals surface area contributed by atoms with Crippen molar-refractivity contribution in [1.29, 1.82) is 0 Å². The van der Waals surface area contributed by atoms with Crippen LogP contribution in [0.5, 0.6) is 0 Å². The minimum absolute atomic E-state index is 0.0327. The number of likely N-dealkylation sites (tertiary alicyclic amines) is 1. The van der Waals surface area contributed by atoms with Crippen LogP contribution in [-0.4, -0.2) is 86.6 Å². The smallest absolute Gasteiger partial charge is 0.426 e. The summed E-state index contributed by atoms with van der Waals surface area (Å²) in [5, 5.41) is 2.74. The van der Waals surface area contributed by atoms with E-state index in [1.54, 1.807) is 11.5 Å². The molecule has 16 heteroatoms. The number of alkyl halides is 7. The monoisotopic (exact) mass is 543 g/mol. The third-order valence-electron chi connectivity index (χ3n) is 6.75. The maximum Gasteiger partial charge on any atom is 0.434 e. The molecule has 1 aromatic heterocycles. The summed E-state index contributed by atoms with van der Waals surface area (Å²) in [5.41, 5.74) is -2.71. The summed E-state index contributed by atoms with van der Waals surface area (Å²) in [6.45, 7) is 1.75. The summed E-state index contributed by atoms with van der Waals surface area (Å²) >= 11 is 0. The number of fused-ring (bicyclic) bond motifs is 1. The molecule has 1 saturated carbocycles. The number of imidazole rings is 1. The second kappa shape index (κ2) is 9.04. The highest BCUT2D eigenvalue weighted by Crippen LogP contribution is 2.42. The first-order valence-corrected chi connectivity index (χ1v) is 11.5. The number of halogens is 7. The summed E-state index contributed by atoms with van der Waals surface area (Å²) < 4.78 is 95.5. The second-order valence-corrected chi connectivity index (χ2v) is 9.78. The number of ether oxygens (including phenoxy) is 1. The first kappa shape index (κ1) is 27.0. The van der Waals surface area contributed by atoms with Gasteiger partial charge in [0.2, 0.25) is 0 Å². The highest BCUT2D eigenvalue weighted by atomic mass is 19.4. The maximum atomic E-state index is 14.1. The van der Waals surface area contributed by atoms with Crippen LogP contribution in [-0.2, 0) is 22.6 Å². The Morgan fingerprint density at radius 1 is 0.973 bits per heavy atom. The van der Waals surface area contributed by atoms with Crippen molar-refractivity contribution in [1.82, 2.24) is 24.7 Å². The molecule has 3 amide bonds. The van der Waals surface area contributed by atoms with Gasteiger partial charge in [0.25, 0.3) is 17.9 Å². The van der Waals surface area contributed by atoms with Crippen molar-refractivity contribution in [3.8, 4) is 0 Å². The van der Waals surface area contributed by atoms with Crippen LogP contribution >= 0.6 is 0 Å². The Balaban J connectivity index is 1.32. The zero-order valence-electron chi connectivity index (χ0n) is 19.6. The minimum Gasteiger partial charge on any atom is -0.426 e. The van der Waals surface area contributed by atoms with Crippen molar-refractivity contribution in [2.24, 2.45) is 0 Å². The maximum absolute atomic E-state index is 14.1. The molecule has 37 heavy (non-hydrogen) atoms. The predicted molar refractivity (Wildman–Crippen MR) is 110 cm³/mol. The molecule has 0 bridgehead atoms. The van der Waals surface area contributed by atoms with Crippen LogP contribution in [0.15, 0.2) is 6.20 Å². The lowest BCUT2D eigenvalue weighted by molar-refractivity contribution is -0.308. The standard InChI is InChI=1S/C21H24F7N5O4/c1-18(4-6-31(7-5-18)17(36)37-15(20(23,24)25)21(26,27)28)30-14(34)12-10-32-8-9-33(11-13(32)29-12)16(35)19(22)2-3-19/h10,15H,2-9,11H2,1H3,(H,30,34). The van der Waals surface area contributed by atoms with Gasteiger partial charge in [0.1, 0.15) is 11.5 Å². The lowest BCUT2D eigenvalue weighted by atomic mass is 9.89. The fourth-order valence-electron chi connectivity index (χ4n) is 4.28. The molecule has 0 spiro atoms. The van der Waals surface area contributed by atoms with Crippen molar-refractivity contribution in [2.45, 2.75) is 75.4 Å². The average molecular weight is 543 g/mol. The molecule has 1 saturated heterocycles. The summed E-state index contributed by atoms with van der Waals surface area (Å²) in [6, 6.07) is 0. The average Bonchev–Trinajstić information content (AvgIpc) is 3.39. The number of carbonyl (C=O) groups excluding carboxylic acids is 3. The van der Waals surface area contributed by atoms with E-state index in [-0.39, 0.29) is 57.6 Å². The van der Waals surface area contributed by atoms with Crippen LogP contribution in [0.2, 0.25) is 0 Å². The van der Waals surface area contributed by atoms with Crippen molar-refractivity contribution < 1.29 is 49.9 Å². The third-order valence-corrected chi connectivity index (χ3v) is 6.75. The Kier molecular flexibility index (Phi) is 6.59. The van der Waals surface area contributed by atoms with E-state index < -0.39 is 47.6 Å². The zero-order chi connectivity index (χ0) is 27.4. The number of aromatic nitrogens is 2.